The molecule has 1 aliphatic heterocycles. The Morgan fingerprint density at radius 1 is 1.27 bits per heavy atom. The fourth-order valence-corrected chi connectivity index (χ4v) is 1.88. The quantitative estimate of drug-likeness (QED) is 0.688. The minimum atomic E-state index is -4.96. The lowest BCUT2D eigenvalue weighted by atomic mass is 9.71. The average Bonchev–Trinajstić information content (AvgIpc) is 2.13. The summed E-state index contributed by atoms with van der Waals surface area (Å²) < 4.78 is 43.5. The van der Waals surface area contributed by atoms with Crippen LogP contribution in [-0.4, -0.2) is 13.6 Å². The first kappa shape index (κ1) is 10.5. The molecule has 15 heavy (non-hydrogen) atoms. The van der Waals surface area contributed by atoms with E-state index in [-0.39, 0.29) is 5.56 Å². The van der Waals surface area contributed by atoms with Crippen LogP contribution in [-0.2, 0) is 10.3 Å². The normalized spacial score (nSPS) is 26.1. The zero-order valence-electron chi connectivity index (χ0n) is 8.34. The Hall–Kier alpha value is -0.965. The first-order valence-electron chi connectivity index (χ1n) is 4.87. The van der Waals surface area contributed by atoms with Crippen LogP contribution in [0, 0.1) is 0 Å². The molecule has 0 amide bonds. The summed E-state index contributed by atoms with van der Waals surface area (Å²) in [6.07, 6.45) is 0.649. The smallest absolute Gasteiger partial charge is 0.445 e. The molecule has 1 aromatic rings. The number of hydrogen-bond acceptors (Lipinski definition) is 1. The Morgan fingerprint density at radius 2 is 1.87 bits per heavy atom. The van der Waals surface area contributed by atoms with E-state index in [0.717, 1.165) is 6.07 Å². The molecule has 1 unspecified atom stereocenters. The maximum absolute atomic E-state index is 12.7. The van der Waals surface area contributed by atoms with Gasteiger partial charge >= 0.3 is 6.98 Å². The summed E-state index contributed by atoms with van der Waals surface area (Å²) >= 11 is 0. The minimum Gasteiger partial charge on any atom is -0.445 e. The van der Waals surface area contributed by atoms with E-state index >= 15 is 0 Å². The summed E-state index contributed by atoms with van der Waals surface area (Å²) in [6.45, 7) is -2.71. The molecular weight excluding hydrogens is 204 g/mol. The van der Waals surface area contributed by atoms with Gasteiger partial charge in [-0.3, -0.25) is 0 Å². The largest absolute Gasteiger partial charge is 0.510 e. The van der Waals surface area contributed by atoms with E-state index in [1.807, 2.05) is 0 Å². The van der Waals surface area contributed by atoms with Crippen LogP contribution in [0.15, 0.2) is 24.3 Å². The highest BCUT2D eigenvalue weighted by molar-refractivity contribution is 6.74. The summed E-state index contributed by atoms with van der Waals surface area (Å²) in [4.78, 5) is 0. The van der Waals surface area contributed by atoms with Gasteiger partial charge in [0, 0.05) is 6.42 Å². The lowest BCUT2D eigenvalue weighted by Gasteiger charge is -2.42. The molecule has 1 heterocycles. The number of ether oxygens (including phenoxy) is 1. The van der Waals surface area contributed by atoms with Gasteiger partial charge in [-0.25, -0.2) is 0 Å². The van der Waals surface area contributed by atoms with Gasteiger partial charge in [0.15, 0.2) is 0 Å². The van der Waals surface area contributed by atoms with E-state index < -0.39 is 18.0 Å². The van der Waals surface area contributed by atoms with Crippen LogP contribution in [0.3, 0.4) is 0 Å². The van der Waals surface area contributed by atoms with Crippen molar-refractivity contribution in [3.05, 3.63) is 29.8 Å². The summed E-state index contributed by atoms with van der Waals surface area (Å²) in [5, 5.41) is 0. The molecule has 82 valence electrons. The molecule has 0 saturated carbocycles. The van der Waals surface area contributed by atoms with Gasteiger partial charge in [0.05, 0.1) is 12.2 Å². The standard InChI is InChI=1S/C10H11BF3O/c1-10(6-7-15-10)8-4-2-3-5-9(8)11(12,13)14/h2-5H,6-7H2,1H3/q-1. The van der Waals surface area contributed by atoms with Gasteiger partial charge in [0.2, 0.25) is 0 Å². The van der Waals surface area contributed by atoms with Gasteiger partial charge in [-0.2, -0.15) is 0 Å². The van der Waals surface area contributed by atoms with Crippen LogP contribution < -0.4 is 5.46 Å². The van der Waals surface area contributed by atoms with Crippen molar-refractivity contribution < 1.29 is 17.7 Å². The molecule has 0 N–H and O–H groups in total. The molecule has 0 radical (unpaired) electrons. The maximum Gasteiger partial charge on any atom is 0.510 e. The molecule has 1 nitrogen and oxygen atoms in total. The SMILES string of the molecule is CC1(c2ccccc2[B-](F)(F)F)CCO1. The van der Waals surface area contributed by atoms with Crippen molar-refractivity contribution in [2.75, 3.05) is 6.61 Å². The number of rotatable bonds is 2. The van der Waals surface area contributed by atoms with Crippen LogP contribution in [0.2, 0.25) is 0 Å². The first-order valence-corrected chi connectivity index (χ1v) is 4.87. The number of benzene rings is 1. The maximum atomic E-state index is 12.7. The van der Waals surface area contributed by atoms with Crippen LogP contribution in [0.25, 0.3) is 0 Å². The second-order valence-corrected chi connectivity index (χ2v) is 3.99. The monoisotopic (exact) mass is 215 g/mol. The molecule has 1 aromatic carbocycles. The summed E-state index contributed by atoms with van der Waals surface area (Å²) in [7, 11) is 0. The summed E-state index contributed by atoms with van der Waals surface area (Å²) in [5.74, 6) is 0. The highest BCUT2D eigenvalue weighted by Crippen LogP contribution is 2.36. The highest BCUT2D eigenvalue weighted by Gasteiger charge is 2.40. The van der Waals surface area contributed by atoms with Gasteiger partial charge in [0.25, 0.3) is 0 Å². The van der Waals surface area contributed by atoms with Gasteiger partial charge in [-0.1, -0.05) is 24.3 Å². The van der Waals surface area contributed by atoms with Gasteiger partial charge in [-0.05, 0) is 12.5 Å². The summed E-state index contributed by atoms with van der Waals surface area (Å²) in [6, 6.07) is 5.66. The molecular formula is C10H11BF3O-. The molecule has 0 aromatic heterocycles. The van der Waals surface area contributed by atoms with Gasteiger partial charge in [0.1, 0.15) is 0 Å². The van der Waals surface area contributed by atoms with Crippen molar-refractivity contribution in [1.82, 2.24) is 0 Å². The fourth-order valence-electron chi connectivity index (χ4n) is 1.88. The topological polar surface area (TPSA) is 9.23 Å². The third-order valence-electron chi connectivity index (χ3n) is 2.88. The molecule has 5 heteroatoms. The molecule has 1 fully saturated rings. The van der Waals surface area contributed by atoms with Crippen molar-refractivity contribution in [1.29, 1.82) is 0 Å². The predicted molar refractivity (Wildman–Crippen MR) is 53.1 cm³/mol. The van der Waals surface area contributed by atoms with Crippen molar-refractivity contribution in [3.63, 3.8) is 0 Å². The van der Waals surface area contributed by atoms with E-state index in [0.29, 0.717) is 13.0 Å². The molecule has 0 aliphatic carbocycles. The highest BCUT2D eigenvalue weighted by atomic mass is 19.4. The number of halogens is 3. The zero-order chi connectivity index (χ0) is 11.1. The Labute approximate surface area is 86.3 Å². The zero-order valence-corrected chi connectivity index (χ0v) is 8.34. The van der Waals surface area contributed by atoms with E-state index in [2.05, 4.69) is 0 Å². The Balaban J connectivity index is 2.47. The fraction of sp³-hybridized carbons (Fsp3) is 0.400. The molecule has 1 saturated heterocycles. The van der Waals surface area contributed by atoms with Crippen LogP contribution in [0.4, 0.5) is 12.9 Å². The van der Waals surface area contributed by atoms with E-state index in [9.17, 15) is 12.9 Å². The molecule has 0 spiro atoms. The van der Waals surface area contributed by atoms with Crippen molar-refractivity contribution >= 4 is 12.4 Å². The Bertz CT molecular complexity index is 371. The third kappa shape index (κ3) is 1.76. The van der Waals surface area contributed by atoms with Gasteiger partial charge < -0.3 is 17.7 Å². The molecule has 1 atom stereocenters. The van der Waals surface area contributed by atoms with Crippen LogP contribution >= 0.6 is 0 Å². The molecule has 1 aliphatic rings. The second-order valence-electron chi connectivity index (χ2n) is 3.99. The molecule has 0 bridgehead atoms. The van der Waals surface area contributed by atoms with E-state index in [1.165, 1.54) is 12.1 Å². The minimum absolute atomic E-state index is 0.267. The summed E-state index contributed by atoms with van der Waals surface area (Å²) in [5.41, 5.74) is -1.00. The predicted octanol–water partition coefficient (Wildman–Crippen LogP) is 2.38. The Kier molecular flexibility index (Phi) is 2.30. The lowest BCUT2D eigenvalue weighted by molar-refractivity contribution is -0.140. The average molecular weight is 215 g/mol. The van der Waals surface area contributed by atoms with Crippen molar-refractivity contribution in [2.24, 2.45) is 0 Å². The van der Waals surface area contributed by atoms with Crippen LogP contribution in [0.1, 0.15) is 18.9 Å². The van der Waals surface area contributed by atoms with Crippen molar-refractivity contribution in [2.45, 2.75) is 18.9 Å². The van der Waals surface area contributed by atoms with E-state index in [4.69, 9.17) is 4.74 Å². The van der Waals surface area contributed by atoms with Gasteiger partial charge in [-0.15, -0.1) is 5.46 Å². The third-order valence-corrected chi connectivity index (χ3v) is 2.88. The van der Waals surface area contributed by atoms with E-state index in [1.54, 1.807) is 13.0 Å². The lowest BCUT2D eigenvalue weighted by Crippen LogP contribution is -2.47. The first-order chi connectivity index (χ1) is 6.93. The van der Waals surface area contributed by atoms with Crippen molar-refractivity contribution in [3.8, 4) is 0 Å². The second kappa shape index (κ2) is 3.27. The van der Waals surface area contributed by atoms with Crippen LogP contribution in [0.5, 0.6) is 0 Å². The Morgan fingerprint density at radius 3 is 2.33 bits per heavy atom. The molecule has 2 rings (SSSR count). The number of hydrogen-bond donors (Lipinski definition) is 0.